The van der Waals surface area contributed by atoms with Crippen LogP contribution in [-0.2, 0) is 5.41 Å². The Labute approximate surface area is 289 Å². The molecule has 0 aliphatic heterocycles. The molecule has 0 saturated carbocycles. The molecule has 0 unspecified atom stereocenters. The number of benzene rings is 7. The summed E-state index contributed by atoms with van der Waals surface area (Å²) in [6, 6.07) is 54.1. The predicted molar refractivity (Wildman–Crippen MR) is 205 cm³/mol. The first-order valence-corrected chi connectivity index (χ1v) is 17.0. The van der Waals surface area contributed by atoms with E-state index in [0.717, 1.165) is 43.8 Å². The summed E-state index contributed by atoms with van der Waals surface area (Å²) in [5.74, 6) is 0.494. The molecular weight excluding hydrogens is 609 g/mol. The topological polar surface area (TPSA) is 54.5 Å². The summed E-state index contributed by atoms with van der Waals surface area (Å²) in [6.45, 7) is 4.66. The molecule has 4 nitrogen and oxygen atoms in total. The highest BCUT2D eigenvalue weighted by atomic mass is 15.2. The van der Waals surface area contributed by atoms with E-state index in [2.05, 4.69) is 146 Å². The van der Waals surface area contributed by atoms with Gasteiger partial charge in [0.05, 0.1) is 16.6 Å². The summed E-state index contributed by atoms with van der Waals surface area (Å²) < 4.78 is 2.10. The van der Waals surface area contributed by atoms with Crippen LogP contribution in [0.25, 0.3) is 82.8 Å². The van der Waals surface area contributed by atoms with Crippen molar-refractivity contribution in [2.24, 2.45) is 0 Å². The van der Waals surface area contributed by atoms with Crippen LogP contribution >= 0.6 is 0 Å². The molecule has 0 amide bonds. The van der Waals surface area contributed by atoms with Crippen molar-refractivity contribution in [3.05, 3.63) is 162 Å². The summed E-state index contributed by atoms with van der Waals surface area (Å²) >= 11 is 0. The molecule has 7 aromatic carbocycles. The van der Waals surface area contributed by atoms with E-state index < -0.39 is 0 Å². The van der Waals surface area contributed by atoms with Crippen LogP contribution in [0.5, 0.6) is 0 Å². The second-order valence-corrected chi connectivity index (χ2v) is 13.8. The van der Waals surface area contributed by atoms with Crippen LogP contribution in [0.2, 0.25) is 0 Å². The van der Waals surface area contributed by atoms with E-state index in [1.165, 1.54) is 44.2 Å². The maximum atomic E-state index is 10.0. The van der Waals surface area contributed by atoms with Crippen LogP contribution in [0.3, 0.4) is 0 Å². The Balaban J connectivity index is 1.11. The number of fused-ring (bicyclic) bond motifs is 9. The molecule has 1 aliphatic rings. The summed E-state index contributed by atoms with van der Waals surface area (Å²) in [5.41, 5.74) is 13.3. The Hall–Kier alpha value is -6.57. The molecule has 0 spiro atoms. The Kier molecular flexibility index (Phi) is 5.95. The summed E-state index contributed by atoms with van der Waals surface area (Å²) in [6.07, 6.45) is 0. The molecule has 2 aromatic heterocycles. The molecular formula is C46H30N4. The Morgan fingerprint density at radius 1 is 0.540 bits per heavy atom. The fourth-order valence-corrected chi connectivity index (χ4v) is 8.17. The first kappa shape index (κ1) is 28.4. The van der Waals surface area contributed by atoms with Gasteiger partial charge in [-0.15, -0.1) is 0 Å². The van der Waals surface area contributed by atoms with Gasteiger partial charge in [0.25, 0.3) is 0 Å². The van der Waals surface area contributed by atoms with Crippen molar-refractivity contribution >= 4 is 43.5 Å². The maximum Gasteiger partial charge on any atom is 0.236 e. The lowest BCUT2D eigenvalue weighted by molar-refractivity contribution is 0.660. The van der Waals surface area contributed by atoms with E-state index >= 15 is 0 Å². The molecule has 50 heavy (non-hydrogen) atoms. The molecule has 0 atom stereocenters. The van der Waals surface area contributed by atoms with Crippen molar-refractivity contribution in [2.75, 3.05) is 0 Å². The zero-order valence-corrected chi connectivity index (χ0v) is 27.6. The lowest BCUT2D eigenvalue weighted by Gasteiger charge is -2.22. The molecule has 0 N–H and O–H groups in total. The van der Waals surface area contributed by atoms with Gasteiger partial charge in [0, 0.05) is 21.6 Å². The molecule has 2 heterocycles. The second-order valence-electron chi connectivity index (χ2n) is 13.8. The van der Waals surface area contributed by atoms with Gasteiger partial charge >= 0.3 is 0 Å². The fourth-order valence-electron chi connectivity index (χ4n) is 8.17. The largest absolute Gasteiger partial charge is 0.278 e. The molecule has 10 rings (SSSR count). The summed E-state index contributed by atoms with van der Waals surface area (Å²) in [4.78, 5) is 9.76. The van der Waals surface area contributed by atoms with Gasteiger partial charge in [-0.05, 0) is 91.7 Å². The zero-order chi connectivity index (χ0) is 33.6. The van der Waals surface area contributed by atoms with Gasteiger partial charge < -0.3 is 0 Å². The molecule has 0 radical (unpaired) electrons. The van der Waals surface area contributed by atoms with Crippen molar-refractivity contribution in [3.8, 4) is 45.4 Å². The lowest BCUT2D eigenvalue weighted by atomic mass is 9.81. The Morgan fingerprint density at radius 2 is 1.18 bits per heavy atom. The van der Waals surface area contributed by atoms with Crippen molar-refractivity contribution in [1.82, 2.24) is 14.5 Å². The fraction of sp³-hybridized carbons (Fsp3) is 0.0652. The van der Waals surface area contributed by atoms with Gasteiger partial charge in [-0.2, -0.15) is 5.26 Å². The van der Waals surface area contributed by atoms with Crippen molar-refractivity contribution in [1.29, 1.82) is 5.26 Å². The van der Waals surface area contributed by atoms with Gasteiger partial charge in [0.15, 0.2) is 5.69 Å². The maximum absolute atomic E-state index is 10.0. The third-order valence-corrected chi connectivity index (χ3v) is 10.7. The highest BCUT2D eigenvalue weighted by Crippen LogP contribution is 2.49. The summed E-state index contributed by atoms with van der Waals surface area (Å²) in [7, 11) is 0. The smallest absolute Gasteiger partial charge is 0.236 e. The number of nitriles is 1. The zero-order valence-electron chi connectivity index (χ0n) is 27.6. The Bertz CT molecular complexity index is 2900. The van der Waals surface area contributed by atoms with Gasteiger partial charge in [0.1, 0.15) is 6.07 Å². The van der Waals surface area contributed by atoms with Gasteiger partial charge in [-0.1, -0.05) is 123 Å². The number of aromatic nitrogens is 3. The minimum absolute atomic E-state index is 0.0330. The second kappa shape index (κ2) is 10.5. The van der Waals surface area contributed by atoms with Crippen LogP contribution in [0, 0.1) is 11.3 Å². The third-order valence-electron chi connectivity index (χ3n) is 10.7. The van der Waals surface area contributed by atoms with E-state index in [0.29, 0.717) is 11.6 Å². The molecule has 1 aliphatic carbocycles. The SMILES string of the molecule is CC1(C)c2ccccc2-c2ccc(-c3ccc(-c4ccc5c(c4)c4c6ccccc6ccc4n5-c4nc(C#N)c5ccccc5n4)cc3)cc21. The van der Waals surface area contributed by atoms with E-state index in [1.54, 1.807) is 0 Å². The standard InChI is InChI=1S/C46H30N4/c1-46(2)38-13-7-5-11-34(38)35-22-19-32(26-39(35)46)29-17-15-28(16-18-29)31-21-23-42-37(25-31)44-33-10-4-3-9-30(33)20-24-43(44)50(42)45-48-40-14-8-6-12-36(40)41(27-47)49-45/h3-26H,1-2H3. The quantitative estimate of drug-likeness (QED) is 0.193. The molecule has 9 aromatic rings. The number of hydrogen-bond acceptors (Lipinski definition) is 3. The molecule has 0 saturated heterocycles. The van der Waals surface area contributed by atoms with E-state index in [1.807, 2.05) is 24.3 Å². The lowest BCUT2D eigenvalue weighted by Crippen LogP contribution is -2.14. The van der Waals surface area contributed by atoms with E-state index in [9.17, 15) is 5.26 Å². The molecule has 234 valence electrons. The van der Waals surface area contributed by atoms with Gasteiger partial charge in [-0.25, -0.2) is 9.97 Å². The highest BCUT2D eigenvalue weighted by molar-refractivity contribution is 6.21. The first-order chi connectivity index (χ1) is 24.5. The van der Waals surface area contributed by atoms with Crippen LogP contribution in [0.15, 0.2) is 146 Å². The molecule has 0 bridgehead atoms. The van der Waals surface area contributed by atoms with E-state index in [-0.39, 0.29) is 5.41 Å². The summed E-state index contributed by atoms with van der Waals surface area (Å²) in [5, 5.41) is 15.4. The third kappa shape index (κ3) is 4.04. The monoisotopic (exact) mass is 638 g/mol. The predicted octanol–water partition coefficient (Wildman–Crippen LogP) is 11.4. The molecule has 0 fully saturated rings. The minimum atomic E-state index is -0.0330. The van der Waals surface area contributed by atoms with Crippen LogP contribution in [0.1, 0.15) is 30.7 Å². The first-order valence-electron chi connectivity index (χ1n) is 17.0. The average Bonchev–Trinajstić information content (AvgIpc) is 3.62. The average molecular weight is 639 g/mol. The number of rotatable bonds is 3. The Morgan fingerprint density at radius 3 is 2.00 bits per heavy atom. The van der Waals surface area contributed by atoms with E-state index in [4.69, 9.17) is 9.97 Å². The molecule has 4 heteroatoms. The minimum Gasteiger partial charge on any atom is -0.278 e. The number of nitrogens with zero attached hydrogens (tertiary/aromatic N) is 4. The normalized spacial score (nSPS) is 13.1. The number of hydrogen-bond donors (Lipinski definition) is 0. The van der Waals surface area contributed by atoms with Crippen LogP contribution in [-0.4, -0.2) is 14.5 Å². The highest BCUT2D eigenvalue weighted by Gasteiger charge is 2.35. The van der Waals surface area contributed by atoms with Crippen molar-refractivity contribution in [3.63, 3.8) is 0 Å². The van der Waals surface area contributed by atoms with Gasteiger partial charge in [-0.3, -0.25) is 4.57 Å². The van der Waals surface area contributed by atoms with Crippen molar-refractivity contribution < 1.29 is 0 Å². The number of para-hydroxylation sites is 1. The van der Waals surface area contributed by atoms with Crippen molar-refractivity contribution in [2.45, 2.75) is 19.3 Å². The van der Waals surface area contributed by atoms with Crippen LogP contribution in [0.4, 0.5) is 0 Å². The van der Waals surface area contributed by atoms with Crippen LogP contribution < -0.4 is 0 Å². The van der Waals surface area contributed by atoms with Gasteiger partial charge in [0.2, 0.25) is 5.95 Å².